The Hall–Kier alpha value is -1.98. The van der Waals surface area contributed by atoms with E-state index in [1.165, 1.54) is 18.3 Å². The standard InChI is InChI=1S/C16H15ClFN3S/c1-10-5-3-6-11(2)15(10)20-16(22)21-19-9-12-13(17)7-4-8-14(12)18/h3-9H,1-2H3,(H2,20,21,22)/b19-9+. The van der Waals surface area contributed by atoms with Crippen molar-refractivity contribution in [2.24, 2.45) is 5.10 Å². The molecular formula is C16H15ClFN3S. The first-order chi connectivity index (χ1) is 10.5. The van der Waals surface area contributed by atoms with Crippen molar-refractivity contribution in [2.75, 3.05) is 5.32 Å². The van der Waals surface area contributed by atoms with Gasteiger partial charge in [-0.1, -0.05) is 35.9 Å². The maximum absolute atomic E-state index is 13.6. The summed E-state index contributed by atoms with van der Waals surface area (Å²) in [6.07, 6.45) is 1.30. The van der Waals surface area contributed by atoms with Gasteiger partial charge in [-0.25, -0.2) is 4.39 Å². The van der Waals surface area contributed by atoms with Crippen LogP contribution < -0.4 is 10.7 Å². The van der Waals surface area contributed by atoms with Crippen LogP contribution in [-0.4, -0.2) is 11.3 Å². The van der Waals surface area contributed by atoms with E-state index in [9.17, 15) is 4.39 Å². The second-order valence-corrected chi connectivity index (χ2v) is 5.54. The molecule has 0 heterocycles. The van der Waals surface area contributed by atoms with Gasteiger partial charge in [0.25, 0.3) is 0 Å². The molecule has 0 spiro atoms. The van der Waals surface area contributed by atoms with Crippen LogP contribution in [0.3, 0.4) is 0 Å². The van der Waals surface area contributed by atoms with Crippen LogP contribution in [0.25, 0.3) is 0 Å². The summed E-state index contributed by atoms with van der Waals surface area (Å²) in [7, 11) is 0. The Morgan fingerprint density at radius 1 is 1.18 bits per heavy atom. The number of rotatable bonds is 3. The number of hydrogen-bond donors (Lipinski definition) is 2. The highest BCUT2D eigenvalue weighted by Gasteiger charge is 2.05. The Morgan fingerprint density at radius 3 is 2.45 bits per heavy atom. The molecule has 2 aromatic rings. The van der Waals surface area contributed by atoms with E-state index in [0.717, 1.165) is 16.8 Å². The first-order valence-corrected chi connectivity index (χ1v) is 7.38. The van der Waals surface area contributed by atoms with E-state index in [0.29, 0.717) is 10.1 Å². The predicted octanol–water partition coefficient (Wildman–Crippen LogP) is 4.42. The van der Waals surface area contributed by atoms with Gasteiger partial charge >= 0.3 is 0 Å². The number of nitrogens with zero attached hydrogens (tertiary/aromatic N) is 1. The van der Waals surface area contributed by atoms with Crippen molar-refractivity contribution in [3.63, 3.8) is 0 Å². The van der Waals surface area contributed by atoms with Crippen LogP contribution in [0.15, 0.2) is 41.5 Å². The van der Waals surface area contributed by atoms with E-state index in [1.807, 2.05) is 32.0 Å². The fraction of sp³-hybridized carbons (Fsp3) is 0.125. The molecule has 114 valence electrons. The highest BCUT2D eigenvalue weighted by atomic mass is 35.5. The molecule has 0 aromatic heterocycles. The Kier molecular flexibility index (Phi) is 5.46. The van der Waals surface area contributed by atoms with E-state index in [2.05, 4.69) is 15.8 Å². The van der Waals surface area contributed by atoms with Gasteiger partial charge in [0.2, 0.25) is 0 Å². The number of benzene rings is 2. The molecule has 0 unspecified atom stereocenters. The van der Waals surface area contributed by atoms with Crippen molar-refractivity contribution in [2.45, 2.75) is 13.8 Å². The van der Waals surface area contributed by atoms with Gasteiger partial charge in [-0.15, -0.1) is 0 Å². The largest absolute Gasteiger partial charge is 0.331 e. The second kappa shape index (κ2) is 7.33. The molecule has 0 saturated carbocycles. The summed E-state index contributed by atoms with van der Waals surface area (Å²) in [5.41, 5.74) is 5.95. The zero-order valence-electron chi connectivity index (χ0n) is 12.2. The molecule has 0 aliphatic heterocycles. The van der Waals surface area contributed by atoms with Crippen LogP contribution >= 0.6 is 23.8 Å². The number of nitrogens with one attached hydrogen (secondary N) is 2. The van der Waals surface area contributed by atoms with Gasteiger partial charge in [0.1, 0.15) is 5.82 Å². The van der Waals surface area contributed by atoms with Gasteiger partial charge in [-0.3, -0.25) is 5.43 Å². The Balaban J connectivity index is 2.03. The number of hydrazone groups is 1. The fourth-order valence-corrected chi connectivity index (χ4v) is 2.31. The molecule has 0 aliphatic carbocycles. The molecule has 0 amide bonds. The second-order valence-electron chi connectivity index (χ2n) is 4.73. The van der Waals surface area contributed by atoms with Crippen molar-refractivity contribution in [3.8, 4) is 0 Å². The topological polar surface area (TPSA) is 36.4 Å². The monoisotopic (exact) mass is 335 g/mol. The average Bonchev–Trinajstić information content (AvgIpc) is 2.46. The van der Waals surface area contributed by atoms with Gasteiger partial charge in [0.05, 0.1) is 11.2 Å². The minimum absolute atomic E-state index is 0.214. The number of hydrogen-bond acceptors (Lipinski definition) is 2. The summed E-state index contributed by atoms with van der Waals surface area (Å²) < 4.78 is 13.6. The molecule has 0 radical (unpaired) electrons. The minimum Gasteiger partial charge on any atom is -0.331 e. The molecule has 0 fully saturated rings. The molecule has 0 aliphatic rings. The number of halogens is 2. The zero-order chi connectivity index (χ0) is 16.1. The van der Waals surface area contributed by atoms with E-state index in [1.54, 1.807) is 6.07 Å². The molecular weight excluding hydrogens is 321 g/mol. The third-order valence-electron chi connectivity index (χ3n) is 3.08. The smallest absolute Gasteiger partial charge is 0.191 e. The highest BCUT2D eigenvalue weighted by Crippen LogP contribution is 2.19. The zero-order valence-corrected chi connectivity index (χ0v) is 13.7. The van der Waals surface area contributed by atoms with Crippen molar-refractivity contribution in [3.05, 3.63) is 63.9 Å². The third-order valence-corrected chi connectivity index (χ3v) is 3.60. The van der Waals surface area contributed by atoms with Gasteiger partial charge in [-0.2, -0.15) is 5.10 Å². The first-order valence-electron chi connectivity index (χ1n) is 6.59. The Bertz CT molecular complexity index is 691. The number of aryl methyl sites for hydroxylation is 2. The van der Waals surface area contributed by atoms with Gasteiger partial charge in [0.15, 0.2) is 5.11 Å². The molecule has 0 atom stereocenters. The lowest BCUT2D eigenvalue weighted by Crippen LogP contribution is -2.24. The molecule has 0 saturated heterocycles. The number of para-hydroxylation sites is 1. The summed E-state index contributed by atoms with van der Waals surface area (Å²) in [5, 5.41) is 7.60. The number of thiocarbonyl (C=S) groups is 1. The maximum atomic E-state index is 13.6. The SMILES string of the molecule is Cc1cccc(C)c1NC(=S)N/N=C/c1c(F)cccc1Cl. The lowest BCUT2D eigenvalue weighted by molar-refractivity contribution is 0.626. The van der Waals surface area contributed by atoms with Gasteiger partial charge < -0.3 is 5.32 Å². The van der Waals surface area contributed by atoms with E-state index >= 15 is 0 Å². The lowest BCUT2D eigenvalue weighted by atomic mass is 10.1. The normalized spacial score (nSPS) is 10.7. The Labute approximate surface area is 139 Å². The molecule has 3 nitrogen and oxygen atoms in total. The van der Waals surface area contributed by atoms with Crippen LogP contribution in [0, 0.1) is 19.7 Å². The van der Waals surface area contributed by atoms with Crippen LogP contribution in [0.1, 0.15) is 16.7 Å². The molecule has 6 heteroatoms. The fourth-order valence-electron chi connectivity index (χ4n) is 1.94. The summed E-state index contributed by atoms with van der Waals surface area (Å²) in [5.74, 6) is -0.438. The minimum atomic E-state index is -0.438. The maximum Gasteiger partial charge on any atom is 0.191 e. The van der Waals surface area contributed by atoms with Crippen molar-refractivity contribution >= 4 is 40.8 Å². The summed E-state index contributed by atoms with van der Waals surface area (Å²) >= 11 is 11.1. The van der Waals surface area contributed by atoms with Crippen LogP contribution in [0.4, 0.5) is 10.1 Å². The quantitative estimate of drug-likeness (QED) is 0.495. The number of anilines is 1. The predicted molar refractivity (Wildman–Crippen MR) is 94.3 cm³/mol. The molecule has 2 rings (SSSR count). The Morgan fingerprint density at radius 2 is 1.82 bits per heavy atom. The summed E-state index contributed by atoms with van der Waals surface area (Å²) in [4.78, 5) is 0. The van der Waals surface area contributed by atoms with Crippen molar-refractivity contribution in [1.29, 1.82) is 0 Å². The highest BCUT2D eigenvalue weighted by molar-refractivity contribution is 7.80. The van der Waals surface area contributed by atoms with Crippen molar-refractivity contribution in [1.82, 2.24) is 5.43 Å². The third kappa shape index (κ3) is 4.02. The van der Waals surface area contributed by atoms with Crippen molar-refractivity contribution < 1.29 is 4.39 Å². The summed E-state index contributed by atoms with van der Waals surface area (Å²) in [6.45, 7) is 3.97. The summed E-state index contributed by atoms with van der Waals surface area (Å²) in [6, 6.07) is 10.4. The van der Waals surface area contributed by atoms with Gasteiger partial charge in [-0.05, 0) is 49.3 Å². The lowest BCUT2D eigenvalue weighted by Gasteiger charge is -2.12. The van der Waals surface area contributed by atoms with Crippen LogP contribution in [0.2, 0.25) is 5.02 Å². The molecule has 0 bridgehead atoms. The van der Waals surface area contributed by atoms with Crippen LogP contribution in [0.5, 0.6) is 0 Å². The van der Waals surface area contributed by atoms with E-state index in [4.69, 9.17) is 23.8 Å². The molecule has 2 aromatic carbocycles. The first kappa shape index (κ1) is 16.4. The average molecular weight is 336 g/mol. The van der Waals surface area contributed by atoms with Gasteiger partial charge in [0, 0.05) is 11.3 Å². The van der Waals surface area contributed by atoms with Crippen LogP contribution in [-0.2, 0) is 0 Å². The molecule has 22 heavy (non-hydrogen) atoms. The molecule has 2 N–H and O–H groups in total. The van der Waals surface area contributed by atoms with E-state index in [-0.39, 0.29) is 5.56 Å². The van der Waals surface area contributed by atoms with E-state index < -0.39 is 5.82 Å².